The molecule has 1 saturated heterocycles. The van der Waals surface area contributed by atoms with Crippen molar-refractivity contribution in [2.45, 2.75) is 82.5 Å². The SMILES string of the molecule is COc1cc(C)c(S(=O)(=O)N(Cc2cc(C(=O)NCc3ccc(CN4CCCC4)c(F)c3)co2)C2CC2)c(C)c1.O=C(O)C(F)(F)F.O=C(O)C(F)(F)F. The van der Waals surface area contributed by atoms with E-state index in [0.29, 0.717) is 40.3 Å². The number of carboxylic acid groups (broad SMARTS) is 2. The highest BCUT2D eigenvalue weighted by Crippen LogP contribution is 2.37. The van der Waals surface area contributed by atoms with Gasteiger partial charge in [0.1, 0.15) is 23.6 Å². The molecule has 1 aliphatic heterocycles. The van der Waals surface area contributed by atoms with E-state index in [2.05, 4.69) is 10.2 Å². The predicted molar refractivity (Wildman–Crippen MR) is 176 cm³/mol. The van der Waals surface area contributed by atoms with E-state index in [1.54, 1.807) is 45.2 Å². The van der Waals surface area contributed by atoms with Gasteiger partial charge < -0.3 is 24.7 Å². The van der Waals surface area contributed by atoms with Crippen molar-refractivity contribution in [2.24, 2.45) is 0 Å². The number of carbonyl (C=O) groups is 3. The fraction of sp³-hybridized carbons (Fsp3) is 0.441. The number of benzene rings is 2. The molecule has 12 nitrogen and oxygen atoms in total. The lowest BCUT2D eigenvalue weighted by molar-refractivity contribution is -0.193. The number of furan rings is 1. The van der Waals surface area contributed by atoms with E-state index in [9.17, 15) is 43.9 Å². The summed E-state index contributed by atoms with van der Waals surface area (Å²) in [6, 6.07) is 9.96. The largest absolute Gasteiger partial charge is 0.497 e. The average Bonchev–Trinajstić information content (AvgIpc) is 3.55. The third-order valence-electron chi connectivity index (χ3n) is 8.07. The molecular formula is C34H38F7N3O9S. The van der Waals surface area contributed by atoms with Crippen molar-refractivity contribution in [2.75, 3.05) is 20.2 Å². The number of carbonyl (C=O) groups excluding carboxylic acids is 1. The van der Waals surface area contributed by atoms with Gasteiger partial charge in [-0.1, -0.05) is 12.1 Å². The number of hydrogen-bond acceptors (Lipinski definition) is 8. The molecule has 20 heteroatoms. The second-order valence-electron chi connectivity index (χ2n) is 12.4. The Hall–Kier alpha value is -4.69. The van der Waals surface area contributed by atoms with Crippen molar-refractivity contribution in [3.05, 3.63) is 82.1 Å². The third-order valence-corrected chi connectivity index (χ3v) is 10.3. The summed E-state index contributed by atoms with van der Waals surface area (Å²) in [7, 11) is -2.27. The van der Waals surface area contributed by atoms with Crippen LogP contribution in [0.4, 0.5) is 30.7 Å². The van der Waals surface area contributed by atoms with Gasteiger partial charge in [0, 0.05) is 24.7 Å². The summed E-state index contributed by atoms with van der Waals surface area (Å²) >= 11 is 0. The number of carboxylic acids is 2. The van der Waals surface area contributed by atoms with Gasteiger partial charge >= 0.3 is 24.3 Å². The number of sulfonamides is 1. The van der Waals surface area contributed by atoms with Crippen LogP contribution in [-0.4, -0.2) is 84.3 Å². The summed E-state index contributed by atoms with van der Waals surface area (Å²) in [6.45, 7) is 6.30. The highest BCUT2D eigenvalue weighted by molar-refractivity contribution is 7.89. The first-order valence-corrected chi connectivity index (χ1v) is 17.6. The Morgan fingerprint density at radius 2 is 1.48 bits per heavy atom. The fourth-order valence-electron chi connectivity index (χ4n) is 5.36. The Labute approximate surface area is 305 Å². The van der Waals surface area contributed by atoms with Crippen molar-refractivity contribution in [1.29, 1.82) is 0 Å². The van der Waals surface area contributed by atoms with Crippen LogP contribution in [0.5, 0.6) is 5.75 Å². The minimum atomic E-state index is -5.08. The molecule has 54 heavy (non-hydrogen) atoms. The van der Waals surface area contributed by atoms with Gasteiger partial charge in [-0.05, 0) is 93.6 Å². The maximum absolute atomic E-state index is 14.6. The maximum Gasteiger partial charge on any atom is 0.490 e. The number of ether oxygens (including phenoxy) is 1. The number of methoxy groups -OCH3 is 1. The Kier molecular flexibility index (Phi) is 14.6. The van der Waals surface area contributed by atoms with Crippen LogP contribution in [0.15, 0.2) is 52.0 Å². The molecule has 3 aromatic rings. The quantitative estimate of drug-likeness (QED) is 0.191. The lowest BCUT2D eigenvalue weighted by Crippen LogP contribution is -2.33. The number of nitrogens with one attached hydrogen (secondary N) is 1. The van der Waals surface area contributed by atoms with E-state index in [-0.39, 0.29) is 41.3 Å². The Bertz CT molecular complexity index is 1860. The number of hydrogen-bond donors (Lipinski definition) is 3. The molecule has 1 aromatic heterocycles. The molecule has 1 saturated carbocycles. The molecule has 0 spiro atoms. The summed E-state index contributed by atoms with van der Waals surface area (Å²) in [5, 5.41) is 17.0. The van der Waals surface area contributed by atoms with Crippen LogP contribution in [0.1, 0.15) is 64.1 Å². The van der Waals surface area contributed by atoms with Crippen molar-refractivity contribution in [3.63, 3.8) is 0 Å². The Morgan fingerprint density at radius 3 is 1.94 bits per heavy atom. The van der Waals surface area contributed by atoms with Crippen molar-refractivity contribution in [3.8, 4) is 5.75 Å². The highest BCUT2D eigenvalue weighted by Gasteiger charge is 2.41. The number of aryl methyl sites for hydroxylation is 2. The van der Waals surface area contributed by atoms with Crippen LogP contribution in [0.25, 0.3) is 0 Å². The minimum Gasteiger partial charge on any atom is -0.497 e. The minimum absolute atomic E-state index is 0.0227. The zero-order chi connectivity index (χ0) is 40.6. The molecule has 0 radical (unpaired) electrons. The van der Waals surface area contributed by atoms with Crippen LogP contribution in [0, 0.1) is 19.7 Å². The maximum atomic E-state index is 14.6. The molecule has 0 atom stereocenters. The van der Waals surface area contributed by atoms with Gasteiger partial charge in [-0.15, -0.1) is 0 Å². The molecule has 0 bridgehead atoms. The standard InChI is InChI=1S/C30H36FN3O5S.2C2HF3O2/c1-20-12-26(38-3)13-21(2)29(20)40(36,37)34(25-8-9-25)18-27-15-24(19-39-27)30(35)32-16-22-6-7-23(28(31)14-22)17-33-10-4-5-11-33;2*3-2(4,5)1(6)7/h6-7,12-15,19,25H,4-5,8-11,16-18H2,1-3H3,(H,32,35);2*(H,6,7). The summed E-state index contributed by atoms with van der Waals surface area (Å²) in [4.78, 5) is 33.1. The normalized spacial score (nSPS) is 14.8. The smallest absolute Gasteiger partial charge is 0.490 e. The van der Waals surface area contributed by atoms with Crippen molar-refractivity contribution < 1.29 is 72.9 Å². The molecule has 1 aliphatic carbocycles. The number of alkyl halides is 6. The molecular weight excluding hydrogens is 759 g/mol. The zero-order valence-electron chi connectivity index (χ0n) is 29.2. The van der Waals surface area contributed by atoms with Gasteiger partial charge in [0.25, 0.3) is 5.91 Å². The van der Waals surface area contributed by atoms with Crippen molar-refractivity contribution >= 4 is 27.9 Å². The van der Waals surface area contributed by atoms with Crippen LogP contribution < -0.4 is 10.1 Å². The van der Waals surface area contributed by atoms with Crippen molar-refractivity contribution in [1.82, 2.24) is 14.5 Å². The van der Waals surface area contributed by atoms with Crippen LogP contribution in [0.3, 0.4) is 0 Å². The lowest BCUT2D eigenvalue weighted by atomic mass is 10.1. The molecule has 2 aliphatic rings. The summed E-state index contributed by atoms with van der Waals surface area (Å²) < 4.78 is 118. The first-order valence-electron chi connectivity index (χ1n) is 16.2. The van der Waals surface area contributed by atoms with Crippen LogP contribution in [-0.2, 0) is 39.2 Å². The van der Waals surface area contributed by atoms with E-state index in [1.807, 2.05) is 6.07 Å². The molecule has 2 fully saturated rings. The summed E-state index contributed by atoms with van der Waals surface area (Å²) in [5.74, 6) is -5.18. The molecule has 3 N–H and O–H groups in total. The van der Waals surface area contributed by atoms with E-state index in [4.69, 9.17) is 29.0 Å². The van der Waals surface area contributed by atoms with E-state index < -0.39 is 34.3 Å². The number of rotatable bonds is 11. The molecule has 1 amide bonds. The number of halogens is 7. The van der Waals surface area contributed by atoms with Gasteiger partial charge in [-0.3, -0.25) is 9.69 Å². The van der Waals surface area contributed by atoms with E-state index in [1.165, 1.54) is 16.6 Å². The Morgan fingerprint density at radius 1 is 0.944 bits per heavy atom. The molecule has 2 aromatic carbocycles. The number of amides is 1. The van der Waals surface area contributed by atoms with E-state index in [0.717, 1.165) is 38.8 Å². The number of nitrogens with zero attached hydrogens (tertiary/aromatic N) is 2. The molecule has 2 heterocycles. The van der Waals surface area contributed by atoms with Gasteiger partial charge in [0.05, 0.1) is 24.1 Å². The Balaban J connectivity index is 0.000000476. The van der Waals surface area contributed by atoms with Crippen LogP contribution >= 0.6 is 0 Å². The fourth-order valence-corrected chi connectivity index (χ4v) is 7.42. The zero-order valence-corrected chi connectivity index (χ0v) is 30.0. The summed E-state index contributed by atoms with van der Waals surface area (Å²) in [6.07, 6.45) is -4.99. The molecule has 298 valence electrons. The highest BCUT2D eigenvalue weighted by atomic mass is 32.2. The second-order valence-corrected chi connectivity index (χ2v) is 14.2. The van der Waals surface area contributed by atoms with E-state index >= 15 is 0 Å². The first-order chi connectivity index (χ1) is 25.0. The number of likely N-dealkylation sites (tertiary alicyclic amines) is 1. The lowest BCUT2D eigenvalue weighted by Gasteiger charge is -2.23. The van der Waals surface area contributed by atoms with Gasteiger partial charge in [0.2, 0.25) is 10.0 Å². The topological polar surface area (TPSA) is 167 Å². The molecule has 5 rings (SSSR count). The van der Waals surface area contributed by atoms with Gasteiger partial charge in [-0.2, -0.15) is 30.6 Å². The first kappa shape index (κ1) is 43.7. The van der Waals surface area contributed by atoms with Crippen LogP contribution in [0.2, 0.25) is 0 Å². The number of aliphatic carboxylic acids is 2. The molecule has 0 unspecified atom stereocenters. The van der Waals surface area contributed by atoms with Gasteiger partial charge in [0.15, 0.2) is 0 Å². The van der Waals surface area contributed by atoms with Gasteiger partial charge in [-0.25, -0.2) is 22.4 Å². The summed E-state index contributed by atoms with van der Waals surface area (Å²) in [5.41, 5.74) is 2.83. The third kappa shape index (κ3) is 12.4. The average molecular weight is 798 g/mol. The monoisotopic (exact) mass is 797 g/mol. The second kappa shape index (κ2) is 18.1. The predicted octanol–water partition coefficient (Wildman–Crippen LogP) is 6.19.